The predicted octanol–water partition coefficient (Wildman–Crippen LogP) is 3.13. The van der Waals surface area contributed by atoms with Gasteiger partial charge in [-0.15, -0.1) is 0 Å². The number of nitrogens with one attached hydrogen (secondary N) is 1. The van der Waals surface area contributed by atoms with E-state index in [0.29, 0.717) is 0 Å². The van der Waals surface area contributed by atoms with Crippen LogP contribution in [0.3, 0.4) is 0 Å². The molecule has 3 heteroatoms. The number of piperidine rings is 1. The molecule has 1 unspecified atom stereocenters. The van der Waals surface area contributed by atoms with E-state index in [1.165, 1.54) is 12.0 Å². The Morgan fingerprint density at radius 1 is 1.24 bits per heavy atom. The number of hydrogen-bond acceptors (Lipinski definition) is 2. The Morgan fingerprint density at radius 3 is 2.86 bits per heavy atom. The van der Waals surface area contributed by atoms with Gasteiger partial charge < -0.3 is 10.2 Å². The summed E-state index contributed by atoms with van der Waals surface area (Å²) in [6.07, 6.45) is 5.62. The monoisotopic (exact) mass is 286 g/mol. The molecule has 0 radical (unpaired) electrons. The molecule has 1 atom stereocenters. The summed E-state index contributed by atoms with van der Waals surface area (Å²) in [6, 6.07) is 8.34. The van der Waals surface area contributed by atoms with E-state index in [1.807, 2.05) is 11.0 Å². The highest BCUT2D eigenvalue weighted by molar-refractivity contribution is 5.98. The molecule has 114 valence electrons. The van der Waals surface area contributed by atoms with Gasteiger partial charge >= 0.3 is 0 Å². The molecule has 0 saturated carbocycles. The summed E-state index contributed by atoms with van der Waals surface area (Å²) in [4.78, 5) is 15.2. The number of para-hydroxylation sites is 1. The summed E-state index contributed by atoms with van der Waals surface area (Å²) in [6.45, 7) is 6.23. The molecule has 2 aliphatic heterocycles. The van der Waals surface area contributed by atoms with Gasteiger partial charge in [-0.3, -0.25) is 4.79 Å². The number of anilines is 1. The lowest BCUT2D eigenvalue weighted by atomic mass is 9.77. The number of carbonyl (C=O) groups is 1. The van der Waals surface area contributed by atoms with Crippen molar-refractivity contribution < 1.29 is 4.79 Å². The summed E-state index contributed by atoms with van der Waals surface area (Å²) in [5, 5.41) is 3.47. The minimum absolute atomic E-state index is 0.0383. The van der Waals surface area contributed by atoms with Crippen LogP contribution in [0.4, 0.5) is 5.69 Å². The van der Waals surface area contributed by atoms with Gasteiger partial charge in [-0.1, -0.05) is 32.0 Å². The molecule has 3 rings (SSSR count). The molecule has 0 aliphatic carbocycles. The first-order valence-electron chi connectivity index (χ1n) is 8.22. The number of aryl methyl sites for hydroxylation is 1. The molecule has 1 aromatic carbocycles. The zero-order chi connectivity index (χ0) is 14.9. The number of hydrogen-bond donors (Lipinski definition) is 1. The van der Waals surface area contributed by atoms with E-state index < -0.39 is 0 Å². The Labute approximate surface area is 127 Å². The predicted molar refractivity (Wildman–Crippen MR) is 86.5 cm³/mol. The molecule has 0 spiro atoms. The lowest BCUT2D eigenvalue weighted by molar-refractivity contribution is -0.124. The summed E-state index contributed by atoms with van der Waals surface area (Å²) < 4.78 is 0. The first-order valence-corrected chi connectivity index (χ1v) is 8.22. The molecule has 1 aromatic rings. The summed E-state index contributed by atoms with van der Waals surface area (Å²) >= 11 is 0. The minimum atomic E-state index is -0.0580. The number of nitrogens with zero attached hydrogens (tertiary/aromatic N) is 1. The Balaban J connectivity index is 1.90. The van der Waals surface area contributed by atoms with Crippen LogP contribution in [0.1, 0.15) is 45.1 Å². The fourth-order valence-electron chi connectivity index (χ4n) is 3.71. The normalized spacial score (nSPS) is 25.0. The van der Waals surface area contributed by atoms with Gasteiger partial charge in [-0.05, 0) is 55.7 Å². The van der Waals surface area contributed by atoms with Crippen molar-refractivity contribution in [2.75, 3.05) is 18.0 Å². The van der Waals surface area contributed by atoms with E-state index in [2.05, 4.69) is 37.4 Å². The van der Waals surface area contributed by atoms with Gasteiger partial charge in [0.05, 0.1) is 6.04 Å². The second kappa shape index (κ2) is 5.80. The van der Waals surface area contributed by atoms with Gasteiger partial charge in [-0.25, -0.2) is 0 Å². The first kappa shape index (κ1) is 14.6. The smallest absolute Gasteiger partial charge is 0.244 e. The Kier molecular flexibility index (Phi) is 4.03. The lowest BCUT2D eigenvalue weighted by Gasteiger charge is -2.41. The second-order valence-corrected chi connectivity index (χ2v) is 7.05. The molecule has 1 saturated heterocycles. The van der Waals surface area contributed by atoms with Gasteiger partial charge in [0.1, 0.15) is 0 Å². The lowest BCUT2D eigenvalue weighted by Crippen LogP contribution is -2.57. The highest BCUT2D eigenvalue weighted by Gasteiger charge is 2.40. The molecular formula is C18H26N2O. The molecular weight excluding hydrogens is 260 g/mol. The van der Waals surface area contributed by atoms with Crippen LogP contribution in [0.25, 0.3) is 0 Å². The fourth-order valence-corrected chi connectivity index (χ4v) is 3.71. The van der Waals surface area contributed by atoms with Crippen LogP contribution in [-0.2, 0) is 11.2 Å². The van der Waals surface area contributed by atoms with Crippen molar-refractivity contribution in [2.24, 2.45) is 5.41 Å². The van der Waals surface area contributed by atoms with Crippen LogP contribution in [0, 0.1) is 5.41 Å². The minimum Gasteiger partial charge on any atom is -0.311 e. The maximum atomic E-state index is 13.1. The largest absolute Gasteiger partial charge is 0.311 e. The number of amides is 1. The van der Waals surface area contributed by atoms with Crippen molar-refractivity contribution in [1.29, 1.82) is 0 Å². The van der Waals surface area contributed by atoms with Crippen LogP contribution in [0.2, 0.25) is 0 Å². The molecule has 21 heavy (non-hydrogen) atoms. The SMILES string of the molecule is CC1(C)CCCNC1C(=O)N1CCCCc2ccccc21. The molecule has 3 nitrogen and oxygen atoms in total. The molecule has 1 amide bonds. The summed E-state index contributed by atoms with van der Waals surface area (Å²) in [5.41, 5.74) is 2.48. The maximum absolute atomic E-state index is 13.1. The molecule has 2 heterocycles. The summed E-state index contributed by atoms with van der Waals surface area (Å²) in [7, 11) is 0. The van der Waals surface area contributed by atoms with Gasteiger partial charge in [0.2, 0.25) is 5.91 Å². The first-order chi connectivity index (χ1) is 10.1. The Morgan fingerprint density at radius 2 is 2.05 bits per heavy atom. The van der Waals surface area contributed by atoms with Gasteiger partial charge in [0.25, 0.3) is 0 Å². The zero-order valence-electron chi connectivity index (χ0n) is 13.2. The maximum Gasteiger partial charge on any atom is 0.244 e. The van der Waals surface area contributed by atoms with Gasteiger partial charge in [-0.2, -0.15) is 0 Å². The number of benzene rings is 1. The van der Waals surface area contributed by atoms with Crippen molar-refractivity contribution in [3.8, 4) is 0 Å². The molecule has 0 aromatic heterocycles. The Bertz CT molecular complexity index is 524. The standard InChI is InChI=1S/C18H26N2O/c1-18(2)11-7-12-19-16(18)17(21)20-13-6-5-9-14-8-3-4-10-15(14)20/h3-4,8,10,16,19H,5-7,9,11-13H2,1-2H3. The van der Waals surface area contributed by atoms with Crippen LogP contribution in [0.5, 0.6) is 0 Å². The number of fused-ring (bicyclic) bond motifs is 1. The average Bonchev–Trinajstić information content (AvgIpc) is 2.68. The molecule has 2 aliphatic rings. The van der Waals surface area contributed by atoms with Gasteiger partial charge in [0, 0.05) is 12.2 Å². The van der Waals surface area contributed by atoms with E-state index in [0.717, 1.165) is 44.5 Å². The Hall–Kier alpha value is -1.35. The van der Waals surface area contributed by atoms with Crippen LogP contribution >= 0.6 is 0 Å². The highest BCUT2D eigenvalue weighted by atomic mass is 16.2. The topological polar surface area (TPSA) is 32.3 Å². The summed E-state index contributed by atoms with van der Waals surface area (Å²) in [5.74, 6) is 0.258. The van der Waals surface area contributed by atoms with Crippen LogP contribution in [0.15, 0.2) is 24.3 Å². The van der Waals surface area contributed by atoms with Crippen molar-refractivity contribution >= 4 is 11.6 Å². The van der Waals surface area contributed by atoms with E-state index in [-0.39, 0.29) is 17.4 Å². The highest BCUT2D eigenvalue weighted by Crippen LogP contribution is 2.34. The number of carbonyl (C=O) groups excluding carboxylic acids is 1. The third-order valence-electron chi connectivity index (χ3n) is 5.00. The molecule has 1 N–H and O–H groups in total. The van der Waals surface area contributed by atoms with Gasteiger partial charge in [0.15, 0.2) is 0 Å². The van der Waals surface area contributed by atoms with E-state index >= 15 is 0 Å². The van der Waals surface area contributed by atoms with Crippen molar-refractivity contribution in [1.82, 2.24) is 5.32 Å². The van der Waals surface area contributed by atoms with Crippen LogP contribution in [-0.4, -0.2) is 25.0 Å². The van der Waals surface area contributed by atoms with Crippen molar-refractivity contribution in [3.05, 3.63) is 29.8 Å². The van der Waals surface area contributed by atoms with E-state index in [9.17, 15) is 4.79 Å². The van der Waals surface area contributed by atoms with E-state index in [4.69, 9.17) is 0 Å². The number of rotatable bonds is 1. The quantitative estimate of drug-likeness (QED) is 0.860. The average molecular weight is 286 g/mol. The fraction of sp³-hybridized carbons (Fsp3) is 0.611. The third-order valence-corrected chi connectivity index (χ3v) is 5.00. The second-order valence-electron chi connectivity index (χ2n) is 7.05. The molecule has 1 fully saturated rings. The van der Waals surface area contributed by atoms with Crippen molar-refractivity contribution in [2.45, 2.75) is 52.0 Å². The van der Waals surface area contributed by atoms with Crippen LogP contribution < -0.4 is 10.2 Å². The zero-order valence-corrected chi connectivity index (χ0v) is 13.2. The molecule has 0 bridgehead atoms. The van der Waals surface area contributed by atoms with Crippen molar-refractivity contribution in [3.63, 3.8) is 0 Å². The third kappa shape index (κ3) is 2.84. The van der Waals surface area contributed by atoms with E-state index in [1.54, 1.807) is 0 Å².